The van der Waals surface area contributed by atoms with Gasteiger partial charge in [-0.1, -0.05) is 29.8 Å². The highest BCUT2D eigenvalue weighted by Gasteiger charge is 2.54. The molecule has 0 spiro atoms. The number of carboxylic acid groups (broad SMARTS) is 1. The average Bonchev–Trinajstić information content (AvgIpc) is 2.83. The topological polar surface area (TPSA) is 74.7 Å². The largest absolute Gasteiger partial charge is 0.481 e. The van der Waals surface area contributed by atoms with Crippen LogP contribution in [0.5, 0.6) is 0 Å². The predicted octanol–water partition coefficient (Wildman–Crippen LogP) is 2.02. The maximum absolute atomic E-state index is 12.9. The van der Waals surface area contributed by atoms with Gasteiger partial charge in [-0.15, -0.1) is 0 Å². The molecule has 1 fully saturated rings. The SMILES string of the molecule is Cc1cccc(CS(=O)(=O)N2C[C@@H](C(F)(F)F)[C@H](C(=O)O)C2)c1. The van der Waals surface area contributed by atoms with E-state index in [0.717, 1.165) is 5.56 Å². The molecule has 1 aromatic rings. The summed E-state index contributed by atoms with van der Waals surface area (Å²) in [4.78, 5) is 11.0. The lowest BCUT2D eigenvalue weighted by Crippen LogP contribution is -2.34. The van der Waals surface area contributed by atoms with Crippen molar-refractivity contribution in [3.05, 3.63) is 35.4 Å². The number of alkyl halides is 3. The summed E-state index contributed by atoms with van der Waals surface area (Å²) < 4.78 is 64.1. The van der Waals surface area contributed by atoms with Gasteiger partial charge in [0, 0.05) is 13.1 Å². The Hall–Kier alpha value is -1.61. The van der Waals surface area contributed by atoms with E-state index < -0.39 is 52.8 Å². The van der Waals surface area contributed by atoms with Crippen molar-refractivity contribution in [3.8, 4) is 0 Å². The van der Waals surface area contributed by atoms with Crippen LogP contribution in [-0.2, 0) is 20.6 Å². The lowest BCUT2D eigenvalue weighted by atomic mass is 9.96. The third-order valence-corrected chi connectivity index (χ3v) is 5.63. The van der Waals surface area contributed by atoms with Gasteiger partial charge < -0.3 is 5.11 Å². The number of carbonyl (C=O) groups is 1. The Bertz CT molecular complexity index is 702. The van der Waals surface area contributed by atoms with Gasteiger partial charge in [-0.25, -0.2) is 12.7 Å². The number of hydrogen-bond acceptors (Lipinski definition) is 3. The van der Waals surface area contributed by atoms with Gasteiger partial charge in [-0.3, -0.25) is 4.79 Å². The van der Waals surface area contributed by atoms with Gasteiger partial charge >= 0.3 is 12.1 Å². The molecule has 0 unspecified atom stereocenters. The number of rotatable bonds is 4. The van der Waals surface area contributed by atoms with Crippen LogP contribution in [0.3, 0.4) is 0 Å². The highest BCUT2D eigenvalue weighted by atomic mass is 32.2. The first-order chi connectivity index (χ1) is 10.5. The summed E-state index contributed by atoms with van der Waals surface area (Å²) in [6, 6.07) is 6.62. The number of benzene rings is 1. The fourth-order valence-electron chi connectivity index (χ4n) is 2.68. The standard InChI is InChI=1S/C14H16F3NO4S/c1-9-3-2-4-10(5-9)8-23(21,22)18-6-11(13(19)20)12(7-18)14(15,16)17/h2-5,11-12H,6-8H2,1H3,(H,19,20)/t11-,12-/m1/s1. The second kappa shape index (κ2) is 6.12. The highest BCUT2D eigenvalue weighted by molar-refractivity contribution is 7.88. The van der Waals surface area contributed by atoms with Crippen molar-refractivity contribution in [1.82, 2.24) is 4.31 Å². The summed E-state index contributed by atoms with van der Waals surface area (Å²) in [5.74, 6) is -6.05. The molecule has 5 nitrogen and oxygen atoms in total. The molecule has 9 heteroatoms. The minimum absolute atomic E-state index is 0.451. The molecule has 128 valence electrons. The van der Waals surface area contributed by atoms with Crippen LogP contribution < -0.4 is 0 Å². The molecule has 0 saturated carbocycles. The third kappa shape index (κ3) is 4.03. The lowest BCUT2D eigenvalue weighted by molar-refractivity contribution is -0.187. The third-order valence-electron chi connectivity index (χ3n) is 3.85. The molecule has 2 rings (SSSR count). The Morgan fingerprint density at radius 1 is 1.35 bits per heavy atom. The molecule has 1 aliphatic rings. The normalized spacial score (nSPS) is 23.1. The smallest absolute Gasteiger partial charge is 0.393 e. The molecule has 1 heterocycles. The van der Waals surface area contributed by atoms with Crippen molar-refractivity contribution in [2.24, 2.45) is 11.8 Å². The van der Waals surface area contributed by atoms with Crippen molar-refractivity contribution < 1.29 is 31.5 Å². The Kier molecular flexibility index (Phi) is 4.72. The zero-order valence-electron chi connectivity index (χ0n) is 12.2. The number of aryl methyl sites for hydroxylation is 1. The summed E-state index contributed by atoms with van der Waals surface area (Å²) in [5.41, 5.74) is 1.28. The fourth-order valence-corrected chi connectivity index (χ4v) is 4.24. The van der Waals surface area contributed by atoms with Crippen LogP contribution in [-0.4, -0.2) is 43.1 Å². The number of carboxylic acids is 1. The van der Waals surface area contributed by atoms with Gasteiger partial charge in [0.15, 0.2) is 0 Å². The van der Waals surface area contributed by atoms with Crippen LogP contribution >= 0.6 is 0 Å². The van der Waals surface area contributed by atoms with Gasteiger partial charge in [-0.05, 0) is 12.5 Å². The quantitative estimate of drug-likeness (QED) is 0.901. The number of hydrogen-bond donors (Lipinski definition) is 1. The van der Waals surface area contributed by atoms with Gasteiger partial charge in [0.05, 0.1) is 17.6 Å². The molecule has 1 aliphatic heterocycles. The molecule has 23 heavy (non-hydrogen) atoms. The van der Waals surface area contributed by atoms with E-state index in [1.165, 1.54) is 0 Å². The van der Waals surface area contributed by atoms with Crippen LogP contribution in [0.15, 0.2) is 24.3 Å². The Morgan fingerprint density at radius 2 is 2.00 bits per heavy atom. The van der Waals surface area contributed by atoms with E-state index in [1.807, 2.05) is 0 Å². The first-order valence-electron chi connectivity index (χ1n) is 6.83. The minimum atomic E-state index is -4.75. The van der Waals surface area contributed by atoms with Crippen molar-refractivity contribution in [2.75, 3.05) is 13.1 Å². The number of aliphatic carboxylic acids is 1. The van der Waals surface area contributed by atoms with E-state index in [2.05, 4.69) is 0 Å². The predicted molar refractivity (Wildman–Crippen MR) is 76.0 cm³/mol. The molecule has 0 bridgehead atoms. The summed E-state index contributed by atoms with van der Waals surface area (Å²) in [6.45, 7) is 0.258. The molecule has 1 aromatic carbocycles. The van der Waals surface area contributed by atoms with Crippen molar-refractivity contribution in [1.29, 1.82) is 0 Å². The van der Waals surface area contributed by atoms with Crippen LogP contribution in [0, 0.1) is 18.8 Å². The van der Waals surface area contributed by atoms with E-state index in [9.17, 15) is 26.4 Å². The van der Waals surface area contributed by atoms with Gasteiger partial charge in [-0.2, -0.15) is 13.2 Å². The van der Waals surface area contributed by atoms with E-state index >= 15 is 0 Å². The second-order valence-electron chi connectivity index (χ2n) is 5.66. The van der Waals surface area contributed by atoms with Gasteiger partial charge in [0.25, 0.3) is 0 Å². The molecule has 1 N–H and O–H groups in total. The Balaban J connectivity index is 2.22. The monoisotopic (exact) mass is 351 g/mol. The average molecular weight is 351 g/mol. The van der Waals surface area contributed by atoms with Crippen LogP contribution in [0.25, 0.3) is 0 Å². The number of nitrogens with zero attached hydrogens (tertiary/aromatic N) is 1. The van der Waals surface area contributed by atoms with Crippen LogP contribution in [0.4, 0.5) is 13.2 Å². The molecular formula is C14H16F3NO4S. The maximum Gasteiger partial charge on any atom is 0.393 e. The summed E-state index contributed by atoms with van der Waals surface area (Å²) in [6.07, 6.45) is -4.75. The van der Waals surface area contributed by atoms with E-state index in [1.54, 1.807) is 31.2 Å². The van der Waals surface area contributed by atoms with E-state index in [0.29, 0.717) is 9.87 Å². The fraction of sp³-hybridized carbons (Fsp3) is 0.500. The first kappa shape index (κ1) is 17.7. The summed E-state index contributed by atoms with van der Waals surface area (Å²) in [7, 11) is -4.02. The van der Waals surface area contributed by atoms with Crippen LogP contribution in [0.1, 0.15) is 11.1 Å². The first-order valence-corrected chi connectivity index (χ1v) is 8.44. The maximum atomic E-state index is 12.9. The summed E-state index contributed by atoms with van der Waals surface area (Å²) in [5, 5.41) is 8.94. The zero-order valence-corrected chi connectivity index (χ0v) is 13.1. The second-order valence-corrected chi connectivity index (χ2v) is 7.62. The van der Waals surface area contributed by atoms with Crippen molar-refractivity contribution in [2.45, 2.75) is 18.9 Å². The van der Waals surface area contributed by atoms with E-state index in [4.69, 9.17) is 5.11 Å². The Morgan fingerprint density at radius 3 is 2.48 bits per heavy atom. The molecule has 2 atom stereocenters. The molecule has 0 aliphatic carbocycles. The number of halogens is 3. The highest BCUT2D eigenvalue weighted by Crippen LogP contribution is 2.39. The zero-order chi connectivity index (χ0) is 17.4. The van der Waals surface area contributed by atoms with Crippen LogP contribution in [0.2, 0.25) is 0 Å². The van der Waals surface area contributed by atoms with Crippen molar-refractivity contribution >= 4 is 16.0 Å². The molecular weight excluding hydrogens is 335 g/mol. The molecule has 0 aromatic heterocycles. The molecule has 1 saturated heterocycles. The lowest BCUT2D eigenvalue weighted by Gasteiger charge is -2.18. The molecule has 0 amide bonds. The minimum Gasteiger partial charge on any atom is -0.481 e. The van der Waals surface area contributed by atoms with Gasteiger partial charge in [0.1, 0.15) is 0 Å². The molecule has 0 radical (unpaired) electrons. The van der Waals surface area contributed by atoms with Gasteiger partial charge in [0.2, 0.25) is 10.0 Å². The Labute approximate surface area is 131 Å². The summed E-state index contributed by atoms with van der Waals surface area (Å²) >= 11 is 0. The number of sulfonamides is 1. The van der Waals surface area contributed by atoms with E-state index in [-0.39, 0.29) is 0 Å². The van der Waals surface area contributed by atoms with Crippen molar-refractivity contribution in [3.63, 3.8) is 0 Å².